The van der Waals surface area contributed by atoms with Crippen molar-refractivity contribution in [3.8, 4) is 6.07 Å². The second kappa shape index (κ2) is 4.54. The fraction of sp³-hybridized carbons (Fsp3) is 0.462. The van der Waals surface area contributed by atoms with Crippen LogP contribution in [-0.2, 0) is 4.74 Å². The molecule has 1 unspecified atom stereocenters. The number of benzene rings is 1. The zero-order chi connectivity index (χ0) is 11.5. The fourth-order valence-electron chi connectivity index (χ4n) is 2.01. The molecule has 0 spiro atoms. The van der Waals surface area contributed by atoms with E-state index in [2.05, 4.69) is 43.0 Å². The standard InChI is InChI=1S/C13H16N2O/c1-10-3-4-11(2)13(7-10)15-5-6-16-12(8-14)9-15/h3-4,7,12H,5-6,9H2,1-2H3. The molecular formula is C13H16N2O. The smallest absolute Gasteiger partial charge is 0.161 e. The van der Waals surface area contributed by atoms with Gasteiger partial charge in [0.1, 0.15) is 0 Å². The second-order valence-corrected chi connectivity index (χ2v) is 4.22. The van der Waals surface area contributed by atoms with Crippen molar-refractivity contribution in [3.63, 3.8) is 0 Å². The third-order valence-electron chi connectivity index (χ3n) is 2.92. The van der Waals surface area contributed by atoms with Crippen LogP contribution in [0.15, 0.2) is 18.2 Å². The summed E-state index contributed by atoms with van der Waals surface area (Å²) in [6.07, 6.45) is -0.298. The Kier molecular flexibility index (Phi) is 3.12. The van der Waals surface area contributed by atoms with Gasteiger partial charge in [0, 0.05) is 12.2 Å². The Hall–Kier alpha value is -1.53. The summed E-state index contributed by atoms with van der Waals surface area (Å²) in [5, 5.41) is 8.88. The van der Waals surface area contributed by atoms with E-state index in [-0.39, 0.29) is 6.10 Å². The van der Waals surface area contributed by atoms with Gasteiger partial charge in [0.15, 0.2) is 6.10 Å². The van der Waals surface area contributed by atoms with Crippen molar-refractivity contribution in [2.75, 3.05) is 24.6 Å². The molecule has 1 atom stereocenters. The maximum Gasteiger partial charge on any atom is 0.161 e. The number of anilines is 1. The van der Waals surface area contributed by atoms with E-state index in [1.54, 1.807) is 0 Å². The third kappa shape index (κ3) is 2.17. The zero-order valence-electron chi connectivity index (χ0n) is 9.73. The molecule has 1 aliphatic rings. The lowest BCUT2D eigenvalue weighted by Gasteiger charge is -2.32. The molecule has 0 radical (unpaired) electrons. The first kappa shape index (κ1) is 11.0. The highest BCUT2D eigenvalue weighted by Gasteiger charge is 2.21. The average Bonchev–Trinajstić information content (AvgIpc) is 2.32. The van der Waals surface area contributed by atoms with Crippen LogP contribution >= 0.6 is 0 Å². The van der Waals surface area contributed by atoms with Crippen LogP contribution < -0.4 is 4.90 Å². The van der Waals surface area contributed by atoms with Crippen molar-refractivity contribution >= 4 is 5.69 Å². The van der Waals surface area contributed by atoms with Crippen LogP contribution in [0.3, 0.4) is 0 Å². The molecule has 2 rings (SSSR count). The Balaban J connectivity index is 2.23. The van der Waals surface area contributed by atoms with Gasteiger partial charge < -0.3 is 9.64 Å². The van der Waals surface area contributed by atoms with Gasteiger partial charge in [-0.2, -0.15) is 5.26 Å². The Morgan fingerprint density at radius 2 is 2.25 bits per heavy atom. The van der Waals surface area contributed by atoms with Gasteiger partial charge in [-0.05, 0) is 31.0 Å². The molecule has 0 saturated carbocycles. The van der Waals surface area contributed by atoms with Gasteiger partial charge in [-0.3, -0.25) is 0 Å². The van der Waals surface area contributed by atoms with Crippen molar-refractivity contribution in [1.82, 2.24) is 0 Å². The molecule has 3 nitrogen and oxygen atoms in total. The van der Waals surface area contributed by atoms with Gasteiger partial charge in [0.2, 0.25) is 0 Å². The van der Waals surface area contributed by atoms with Gasteiger partial charge in [0.05, 0.1) is 19.2 Å². The number of morpholine rings is 1. The van der Waals surface area contributed by atoms with Gasteiger partial charge in [-0.15, -0.1) is 0 Å². The summed E-state index contributed by atoms with van der Waals surface area (Å²) in [4.78, 5) is 2.24. The van der Waals surface area contributed by atoms with E-state index < -0.39 is 0 Å². The maximum atomic E-state index is 8.88. The summed E-state index contributed by atoms with van der Waals surface area (Å²) in [5.41, 5.74) is 3.73. The van der Waals surface area contributed by atoms with Gasteiger partial charge in [-0.25, -0.2) is 0 Å². The van der Waals surface area contributed by atoms with Crippen molar-refractivity contribution in [2.24, 2.45) is 0 Å². The monoisotopic (exact) mass is 216 g/mol. The lowest BCUT2D eigenvalue weighted by Crippen LogP contribution is -2.42. The molecule has 0 amide bonds. The molecule has 1 fully saturated rings. The maximum absolute atomic E-state index is 8.88. The van der Waals surface area contributed by atoms with E-state index in [0.29, 0.717) is 13.2 Å². The van der Waals surface area contributed by atoms with Gasteiger partial charge >= 0.3 is 0 Å². The van der Waals surface area contributed by atoms with Crippen molar-refractivity contribution in [1.29, 1.82) is 5.26 Å². The molecule has 0 aromatic heterocycles. The summed E-state index contributed by atoms with van der Waals surface area (Å²) in [6, 6.07) is 8.59. The molecule has 1 saturated heterocycles. The summed E-state index contributed by atoms with van der Waals surface area (Å²) in [5.74, 6) is 0. The largest absolute Gasteiger partial charge is 0.365 e. The summed E-state index contributed by atoms with van der Waals surface area (Å²) < 4.78 is 5.35. The quantitative estimate of drug-likeness (QED) is 0.720. The van der Waals surface area contributed by atoms with Crippen LogP contribution in [0.2, 0.25) is 0 Å². The number of nitrogens with zero attached hydrogens (tertiary/aromatic N) is 2. The number of ether oxygens (including phenoxy) is 1. The van der Waals surface area contributed by atoms with E-state index >= 15 is 0 Å². The lowest BCUT2D eigenvalue weighted by molar-refractivity contribution is 0.0764. The molecule has 1 aromatic rings. The predicted octanol–water partition coefficient (Wildman–Crippen LogP) is 2.03. The van der Waals surface area contributed by atoms with E-state index in [0.717, 1.165) is 6.54 Å². The molecule has 0 bridgehead atoms. The first-order chi connectivity index (χ1) is 7.70. The van der Waals surface area contributed by atoms with Crippen molar-refractivity contribution in [3.05, 3.63) is 29.3 Å². The molecule has 0 aliphatic carbocycles. The highest BCUT2D eigenvalue weighted by molar-refractivity contribution is 5.55. The number of rotatable bonds is 1. The van der Waals surface area contributed by atoms with Crippen molar-refractivity contribution < 1.29 is 4.74 Å². The topological polar surface area (TPSA) is 36.3 Å². The third-order valence-corrected chi connectivity index (χ3v) is 2.92. The first-order valence-corrected chi connectivity index (χ1v) is 5.54. The molecule has 1 aliphatic heterocycles. The predicted molar refractivity (Wildman–Crippen MR) is 63.5 cm³/mol. The Labute approximate surface area is 96.2 Å². The second-order valence-electron chi connectivity index (χ2n) is 4.22. The minimum Gasteiger partial charge on any atom is -0.365 e. The van der Waals surface area contributed by atoms with Crippen LogP contribution in [0, 0.1) is 25.2 Å². The van der Waals surface area contributed by atoms with Crippen LogP contribution in [0.25, 0.3) is 0 Å². The minimum atomic E-state index is -0.298. The number of nitriles is 1. The normalized spacial score (nSPS) is 20.6. The van der Waals surface area contributed by atoms with Crippen molar-refractivity contribution in [2.45, 2.75) is 20.0 Å². The van der Waals surface area contributed by atoms with Crippen LogP contribution in [-0.4, -0.2) is 25.8 Å². The molecule has 84 valence electrons. The molecule has 1 aromatic carbocycles. The Morgan fingerprint density at radius 3 is 3.00 bits per heavy atom. The molecule has 1 heterocycles. The fourth-order valence-corrected chi connectivity index (χ4v) is 2.01. The number of aryl methyl sites for hydroxylation is 2. The van der Waals surface area contributed by atoms with Crippen LogP contribution in [0.5, 0.6) is 0 Å². The first-order valence-electron chi connectivity index (χ1n) is 5.54. The van der Waals surface area contributed by atoms with E-state index in [9.17, 15) is 0 Å². The number of hydrogen-bond acceptors (Lipinski definition) is 3. The molecule has 16 heavy (non-hydrogen) atoms. The van der Waals surface area contributed by atoms with E-state index in [1.807, 2.05) is 0 Å². The van der Waals surface area contributed by atoms with Crippen LogP contribution in [0.4, 0.5) is 5.69 Å². The molecular weight excluding hydrogens is 200 g/mol. The number of hydrogen-bond donors (Lipinski definition) is 0. The Morgan fingerprint density at radius 1 is 1.44 bits per heavy atom. The lowest BCUT2D eigenvalue weighted by atomic mass is 10.1. The van der Waals surface area contributed by atoms with Gasteiger partial charge in [0.25, 0.3) is 0 Å². The van der Waals surface area contributed by atoms with E-state index in [4.69, 9.17) is 10.00 Å². The Bertz CT molecular complexity index is 422. The summed E-state index contributed by atoms with van der Waals surface area (Å²) in [7, 11) is 0. The molecule has 3 heteroatoms. The average molecular weight is 216 g/mol. The molecule has 0 N–H and O–H groups in total. The zero-order valence-corrected chi connectivity index (χ0v) is 9.73. The summed E-state index contributed by atoms with van der Waals surface area (Å²) in [6.45, 7) is 6.35. The van der Waals surface area contributed by atoms with E-state index in [1.165, 1.54) is 16.8 Å². The highest BCUT2D eigenvalue weighted by atomic mass is 16.5. The van der Waals surface area contributed by atoms with Gasteiger partial charge in [-0.1, -0.05) is 12.1 Å². The van der Waals surface area contributed by atoms with Crippen LogP contribution in [0.1, 0.15) is 11.1 Å². The SMILES string of the molecule is Cc1ccc(C)c(N2CCOC(C#N)C2)c1. The summed E-state index contributed by atoms with van der Waals surface area (Å²) >= 11 is 0. The highest BCUT2D eigenvalue weighted by Crippen LogP contribution is 2.23. The minimum absolute atomic E-state index is 0.298.